The maximum absolute atomic E-state index is 14.0. The number of anilines is 1. The first-order valence-corrected chi connectivity index (χ1v) is 9.10. The molecule has 30 heavy (non-hydrogen) atoms. The molecule has 4 rings (SSSR count). The number of ether oxygens (including phenoxy) is 1. The third-order valence-electron chi connectivity index (χ3n) is 4.96. The van der Waals surface area contributed by atoms with Crippen LogP contribution in [0, 0.1) is 11.3 Å². The summed E-state index contributed by atoms with van der Waals surface area (Å²) in [5, 5.41) is 13.8. The molecule has 2 aromatic heterocycles. The standard InChI is InChI=1S/C20H18FN7O2/c1-27-10-15-17(13(8-22)26-28(15)2)14-9-24-18(23)19(25-14)30-16(7-21)11-5-3-4-6-12(11)20(27)29/h3-6,9,16H,7,10H2,1-2H3,(H2,23,24). The highest BCUT2D eigenvalue weighted by Gasteiger charge is 2.28. The lowest BCUT2D eigenvalue weighted by Crippen LogP contribution is -2.29. The fourth-order valence-corrected chi connectivity index (χ4v) is 3.46. The molecule has 0 aliphatic carbocycles. The molecule has 0 radical (unpaired) electrons. The van der Waals surface area contributed by atoms with E-state index in [1.54, 1.807) is 38.4 Å². The number of alkyl halides is 1. The van der Waals surface area contributed by atoms with Crippen molar-refractivity contribution < 1.29 is 13.9 Å². The van der Waals surface area contributed by atoms with Crippen molar-refractivity contribution in [3.05, 3.63) is 53.0 Å². The van der Waals surface area contributed by atoms with E-state index in [2.05, 4.69) is 15.1 Å². The monoisotopic (exact) mass is 407 g/mol. The molecule has 2 N–H and O–H groups in total. The number of amides is 1. The first-order chi connectivity index (χ1) is 14.4. The van der Waals surface area contributed by atoms with Crippen LogP contribution in [0.2, 0.25) is 0 Å². The van der Waals surface area contributed by atoms with Crippen molar-refractivity contribution >= 4 is 11.7 Å². The van der Waals surface area contributed by atoms with Gasteiger partial charge in [-0.25, -0.2) is 14.4 Å². The van der Waals surface area contributed by atoms with E-state index in [1.165, 1.54) is 15.8 Å². The predicted molar refractivity (Wildman–Crippen MR) is 105 cm³/mol. The Morgan fingerprint density at radius 3 is 2.87 bits per heavy atom. The lowest BCUT2D eigenvalue weighted by atomic mass is 10.0. The molecule has 0 saturated heterocycles. The van der Waals surface area contributed by atoms with Crippen LogP contribution in [0.3, 0.4) is 0 Å². The third kappa shape index (κ3) is 3.10. The van der Waals surface area contributed by atoms with Gasteiger partial charge in [-0.2, -0.15) is 10.4 Å². The van der Waals surface area contributed by atoms with Gasteiger partial charge in [0.25, 0.3) is 11.8 Å². The Kier molecular flexibility index (Phi) is 4.79. The van der Waals surface area contributed by atoms with Crippen LogP contribution in [0.5, 0.6) is 5.88 Å². The van der Waals surface area contributed by atoms with Crippen LogP contribution in [0.15, 0.2) is 30.5 Å². The number of hydrogen-bond donors (Lipinski definition) is 1. The van der Waals surface area contributed by atoms with Gasteiger partial charge in [0, 0.05) is 25.2 Å². The Morgan fingerprint density at radius 1 is 1.37 bits per heavy atom. The number of carbonyl (C=O) groups is 1. The van der Waals surface area contributed by atoms with Crippen molar-refractivity contribution in [1.82, 2.24) is 24.6 Å². The number of fused-ring (bicyclic) bond motifs is 5. The molecule has 3 heterocycles. The maximum atomic E-state index is 14.0. The zero-order valence-corrected chi connectivity index (χ0v) is 16.3. The minimum atomic E-state index is -1.10. The minimum absolute atomic E-state index is 0.0286. The molecular weight excluding hydrogens is 389 g/mol. The molecule has 1 atom stereocenters. The molecular formula is C20H18FN7O2. The Labute approximate surface area is 171 Å². The van der Waals surface area contributed by atoms with Crippen molar-refractivity contribution in [3.8, 4) is 23.2 Å². The molecule has 9 nitrogen and oxygen atoms in total. The highest BCUT2D eigenvalue weighted by atomic mass is 19.1. The number of benzene rings is 1. The number of aromatic nitrogens is 4. The second-order valence-electron chi connectivity index (χ2n) is 6.86. The summed E-state index contributed by atoms with van der Waals surface area (Å²) >= 11 is 0. The van der Waals surface area contributed by atoms with Gasteiger partial charge in [-0.1, -0.05) is 18.2 Å². The molecule has 1 aliphatic heterocycles. The molecule has 2 bridgehead atoms. The van der Waals surface area contributed by atoms with Gasteiger partial charge < -0.3 is 15.4 Å². The summed E-state index contributed by atoms with van der Waals surface area (Å²) in [6.45, 7) is -0.753. The zero-order valence-electron chi connectivity index (χ0n) is 16.3. The largest absolute Gasteiger partial charge is 0.464 e. The van der Waals surface area contributed by atoms with Gasteiger partial charge in [0.15, 0.2) is 17.6 Å². The summed E-state index contributed by atoms with van der Waals surface area (Å²) in [5.41, 5.74) is 8.03. The summed E-state index contributed by atoms with van der Waals surface area (Å²) in [4.78, 5) is 23.2. The van der Waals surface area contributed by atoms with Crippen LogP contribution in [0.25, 0.3) is 11.3 Å². The number of carbonyl (C=O) groups excluding carboxylic acids is 1. The van der Waals surface area contributed by atoms with Gasteiger partial charge in [-0.15, -0.1) is 0 Å². The van der Waals surface area contributed by atoms with Crippen molar-refractivity contribution in [2.45, 2.75) is 12.6 Å². The summed E-state index contributed by atoms with van der Waals surface area (Å²) in [7, 11) is 3.30. The molecule has 0 fully saturated rings. The minimum Gasteiger partial charge on any atom is -0.464 e. The summed E-state index contributed by atoms with van der Waals surface area (Å²) in [6.07, 6.45) is 0.295. The fraction of sp³-hybridized carbons (Fsp3) is 0.250. The van der Waals surface area contributed by atoms with Gasteiger partial charge >= 0.3 is 0 Å². The van der Waals surface area contributed by atoms with Crippen LogP contribution < -0.4 is 10.5 Å². The Morgan fingerprint density at radius 2 is 2.13 bits per heavy atom. The first kappa shape index (κ1) is 19.3. The average Bonchev–Trinajstić information content (AvgIpc) is 3.07. The molecule has 0 spiro atoms. The number of halogens is 1. The fourth-order valence-electron chi connectivity index (χ4n) is 3.46. The summed E-state index contributed by atoms with van der Waals surface area (Å²) in [5.74, 6) is -0.425. The number of nitrogens with zero attached hydrogens (tertiary/aromatic N) is 6. The molecule has 152 valence electrons. The van der Waals surface area contributed by atoms with Gasteiger partial charge in [0.1, 0.15) is 12.7 Å². The van der Waals surface area contributed by atoms with Crippen LogP contribution in [0.1, 0.15) is 33.4 Å². The molecule has 3 aromatic rings. The number of rotatable bonds is 1. The van der Waals surface area contributed by atoms with E-state index in [1.807, 2.05) is 6.07 Å². The molecule has 0 saturated carbocycles. The lowest BCUT2D eigenvalue weighted by Gasteiger charge is -2.24. The Bertz CT molecular complexity index is 1180. The number of aryl methyl sites for hydroxylation is 1. The van der Waals surface area contributed by atoms with Gasteiger partial charge in [0.2, 0.25) is 0 Å². The highest BCUT2D eigenvalue weighted by Crippen LogP contribution is 2.33. The van der Waals surface area contributed by atoms with Crippen molar-refractivity contribution in [2.75, 3.05) is 19.5 Å². The van der Waals surface area contributed by atoms with E-state index in [0.717, 1.165) is 0 Å². The highest BCUT2D eigenvalue weighted by molar-refractivity contribution is 5.95. The number of nitriles is 1. The Hall–Kier alpha value is -4.00. The van der Waals surface area contributed by atoms with Crippen molar-refractivity contribution in [3.63, 3.8) is 0 Å². The van der Waals surface area contributed by atoms with E-state index in [4.69, 9.17) is 10.5 Å². The molecule has 1 amide bonds. The zero-order chi connectivity index (χ0) is 21.4. The van der Waals surface area contributed by atoms with Gasteiger partial charge in [0.05, 0.1) is 29.7 Å². The van der Waals surface area contributed by atoms with Gasteiger partial charge in [-0.05, 0) is 6.07 Å². The topological polar surface area (TPSA) is 123 Å². The number of nitrogens with two attached hydrogens (primary N) is 1. The second-order valence-corrected chi connectivity index (χ2v) is 6.86. The second kappa shape index (κ2) is 7.44. The third-order valence-corrected chi connectivity index (χ3v) is 4.96. The predicted octanol–water partition coefficient (Wildman–Crippen LogP) is 2.01. The van der Waals surface area contributed by atoms with Gasteiger partial charge in [-0.3, -0.25) is 9.48 Å². The smallest absolute Gasteiger partial charge is 0.258 e. The van der Waals surface area contributed by atoms with Crippen LogP contribution >= 0.6 is 0 Å². The average molecular weight is 407 g/mol. The van der Waals surface area contributed by atoms with Crippen LogP contribution in [-0.2, 0) is 13.6 Å². The number of nitrogen functional groups attached to an aromatic ring is 1. The first-order valence-electron chi connectivity index (χ1n) is 9.10. The van der Waals surface area contributed by atoms with E-state index < -0.39 is 12.8 Å². The summed E-state index contributed by atoms with van der Waals surface area (Å²) in [6, 6.07) is 8.68. The lowest BCUT2D eigenvalue weighted by molar-refractivity contribution is 0.0774. The van der Waals surface area contributed by atoms with E-state index in [-0.39, 0.29) is 29.8 Å². The van der Waals surface area contributed by atoms with E-state index in [9.17, 15) is 14.4 Å². The molecule has 1 aromatic carbocycles. The van der Waals surface area contributed by atoms with E-state index >= 15 is 0 Å². The SMILES string of the molecule is CN1Cc2c(c(C#N)nn2C)-c2cnc(N)c(n2)OC(CF)c2ccccc2C1=O. The van der Waals surface area contributed by atoms with Crippen LogP contribution in [0.4, 0.5) is 10.2 Å². The summed E-state index contributed by atoms with van der Waals surface area (Å²) < 4.78 is 21.3. The normalized spacial score (nSPS) is 15.9. The molecule has 1 aliphatic rings. The molecule has 10 heteroatoms. The quantitative estimate of drug-likeness (QED) is 0.654. The molecule has 1 unspecified atom stereocenters. The van der Waals surface area contributed by atoms with Crippen molar-refractivity contribution in [2.24, 2.45) is 7.05 Å². The van der Waals surface area contributed by atoms with Crippen LogP contribution in [-0.4, -0.2) is 44.3 Å². The maximum Gasteiger partial charge on any atom is 0.258 e. The van der Waals surface area contributed by atoms with Crippen molar-refractivity contribution in [1.29, 1.82) is 5.26 Å². The van der Waals surface area contributed by atoms with E-state index in [0.29, 0.717) is 28.1 Å². The Balaban J connectivity index is 1.99. The number of hydrogen-bond acceptors (Lipinski definition) is 7.